The first-order valence-corrected chi connectivity index (χ1v) is 6.71. The Bertz CT molecular complexity index is 646. The number of hydrogen-bond donors (Lipinski definition) is 0. The Labute approximate surface area is 118 Å². The zero-order chi connectivity index (χ0) is 14.9. The van der Waals surface area contributed by atoms with Crippen LogP contribution >= 0.6 is 11.3 Å². The van der Waals surface area contributed by atoms with Crippen LogP contribution in [0.5, 0.6) is 0 Å². The first-order valence-electron chi connectivity index (χ1n) is 5.89. The fourth-order valence-corrected chi connectivity index (χ4v) is 2.51. The van der Waals surface area contributed by atoms with Crippen LogP contribution in [0.25, 0.3) is 0 Å². The van der Waals surface area contributed by atoms with E-state index in [1.54, 1.807) is 0 Å². The van der Waals surface area contributed by atoms with Gasteiger partial charge in [-0.15, -0.1) is 11.3 Å². The van der Waals surface area contributed by atoms with Gasteiger partial charge in [0.1, 0.15) is 0 Å². The largest absolute Gasteiger partial charge is 0.443 e. The lowest BCUT2D eigenvalue weighted by molar-refractivity contribution is -0.137. The second kappa shape index (κ2) is 5.36. The number of nitrogens with zero attached hydrogens (tertiary/aromatic N) is 1. The Balaban J connectivity index is 2.20. The molecule has 1 aromatic carbocycles. The molecule has 2 rings (SSSR count). The second-order valence-electron chi connectivity index (χ2n) is 4.56. The highest BCUT2D eigenvalue weighted by Gasteiger charge is 2.35. The van der Waals surface area contributed by atoms with Gasteiger partial charge in [0.2, 0.25) is 0 Å². The lowest BCUT2D eigenvalue weighted by Crippen LogP contribution is -2.04. The third-order valence-electron chi connectivity index (χ3n) is 2.88. The Morgan fingerprint density at radius 3 is 2.60 bits per heavy atom. The predicted octanol–water partition coefficient (Wildman–Crippen LogP) is 4.20. The van der Waals surface area contributed by atoms with Gasteiger partial charge in [0.05, 0.1) is 4.88 Å². The van der Waals surface area contributed by atoms with E-state index < -0.39 is 11.2 Å². The zero-order valence-electron chi connectivity index (χ0n) is 10.9. The number of aryl methyl sites for hydroxylation is 2. The number of alkyl halides is 3. The third-order valence-corrected chi connectivity index (χ3v) is 3.96. The van der Waals surface area contributed by atoms with E-state index in [0.29, 0.717) is 11.3 Å². The quantitative estimate of drug-likeness (QED) is 0.795. The van der Waals surface area contributed by atoms with Crippen LogP contribution in [0.4, 0.5) is 13.2 Å². The van der Waals surface area contributed by atoms with Gasteiger partial charge < -0.3 is 0 Å². The molecule has 0 radical (unpaired) electrons. The van der Waals surface area contributed by atoms with Gasteiger partial charge in [-0.25, -0.2) is 4.98 Å². The molecule has 20 heavy (non-hydrogen) atoms. The molecule has 1 heterocycles. The molecular weight excluding hydrogens is 287 g/mol. The number of aromatic nitrogens is 1. The molecule has 2 nitrogen and oxygen atoms in total. The van der Waals surface area contributed by atoms with Gasteiger partial charge in [-0.05, 0) is 25.0 Å². The van der Waals surface area contributed by atoms with E-state index in [0.717, 1.165) is 22.9 Å². The number of thiazole rings is 1. The maximum Gasteiger partial charge on any atom is 0.443 e. The fraction of sp³-hybridized carbons (Fsp3) is 0.286. The molecule has 2 aromatic rings. The van der Waals surface area contributed by atoms with E-state index in [9.17, 15) is 18.0 Å². The molecule has 0 aliphatic heterocycles. The van der Waals surface area contributed by atoms with Gasteiger partial charge in [-0.2, -0.15) is 13.2 Å². The van der Waals surface area contributed by atoms with Gasteiger partial charge in [0, 0.05) is 12.6 Å². The standard InChI is InChI=1S/C14H12F3NOS/c1-8-3-4-9(2)10(5-8)6-11(19)12-7-18-13(20-12)14(15,16)17/h3-5,7H,6H2,1-2H3. The minimum absolute atomic E-state index is 0.0400. The van der Waals surface area contributed by atoms with E-state index in [-0.39, 0.29) is 17.1 Å². The van der Waals surface area contributed by atoms with Gasteiger partial charge >= 0.3 is 6.18 Å². The number of hydrogen-bond acceptors (Lipinski definition) is 3. The maximum absolute atomic E-state index is 12.4. The third kappa shape index (κ3) is 3.25. The SMILES string of the molecule is Cc1ccc(C)c(CC(=O)c2cnc(C(F)(F)F)s2)c1. The second-order valence-corrected chi connectivity index (χ2v) is 5.59. The summed E-state index contributed by atoms with van der Waals surface area (Å²) < 4.78 is 37.3. The van der Waals surface area contributed by atoms with Gasteiger partial charge in [-0.1, -0.05) is 23.8 Å². The van der Waals surface area contributed by atoms with Crippen molar-refractivity contribution in [3.8, 4) is 0 Å². The van der Waals surface area contributed by atoms with Crippen LogP contribution in [0, 0.1) is 13.8 Å². The summed E-state index contributed by atoms with van der Waals surface area (Å²) in [4.78, 5) is 15.3. The van der Waals surface area contributed by atoms with Crippen molar-refractivity contribution in [3.05, 3.63) is 51.0 Å². The molecule has 0 saturated carbocycles. The van der Waals surface area contributed by atoms with Crippen molar-refractivity contribution >= 4 is 17.1 Å². The van der Waals surface area contributed by atoms with Crippen molar-refractivity contribution < 1.29 is 18.0 Å². The van der Waals surface area contributed by atoms with Crippen molar-refractivity contribution in [2.45, 2.75) is 26.4 Å². The van der Waals surface area contributed by atoms with Crippen LogP contribution in [0.1, 0.15) is 31.4 Å². The van der Waals surface area contributed by atoms with E-state index in [1.807, 2.05) is 32.0 Å². The van der Waals surface area contributed by atoms with E-state index in [1.165, 1.54) is 0 Å². The molecular formula is C14H12F3NOS. The molecule has 0 unspecified atom stereocenters. The maximum atomic E-state index is 12.4. The number of Topliss-reactive ketones (excluding diaryl/α,β-unsaturated/α-hetero) is 1. The summed E-state index contributed by atoms with van der Waals surface area (Å²) in [5.74, 6) is -0.341. The van der Waals surface area contributed by atoms with E-state index >= 15 is 0 Å². The Morgan fingerprint density at radius 2 is 2.00 bits per heavy atom. The predicted molar refractivity (Wildman–Crippen MR) is 71.1 cm³/mol. The average molecular weight is 299 g/mol. The fourth-order valence-electron chi connectivity index (χ4n) is 1.78. The smallest absolute Gasteiger partial charge is 0.293 e. The Morgan fingerprint density at radius 1 is 1.30 bits per heavy atom. The Kier molecular flexibility index (Phi) is 3.94. The Hall–Kier alpha value is -1.69. The monoisotopic (exact) mass is 299 g/mol. The van der Waals surface area contributed by atoms with Crippen LogP contribution < -0.4 is 0 Å². The molecule has 0 aliphatic carbocycles. The molecule has 106 valence electrons. The minimum atomic E-state index is -4.50. The highest BCUT2D eigenvalue weighted by Crippen LogP contribution is 2.32. The lowest BCUT2D eigenvalue weighted by atomic mass is 10.0. The molecule has 0 fully saturated rings. The summed E-state index contributed by atoms with van der Waals surface area (Å²) in [5.41, 5.74) is 2.79. The zero-order valence-corrected chi connectivity index (χ0v) is 11.7. The van der Waals surface area contributed by atoms with Crippen molar-refractivity contribution in [1.29, 1.82) is 0 Å². The number of benzene rings is 1. The number of ketones is 1. The van der Waals surface area contributed by atoms with Gasteiger partial charge in [-0.3, -0.25) is 4.79 Å². The molecule has 0 N–H and O–H groups in total. The first-order chi connectivity index (χ1) is 9.27. The highest BCUT2D eigenvalue weighted by molar-refractivity contribution is 7.13. The molecule has 0 aliphatic rings. The van der Waals surface area contributed by atoms with Gasteiger partial charge in [0.25, 0.3) is 0 Å². The van der Waals surface area contributed by atoms with Crippen LogP contribution in [-0.4, -0.2) is 10.8 Å². The summed E-state index contributed by atoms with van der Waals surface area (Å²) in [6.07, 6.45) is -3.41. The lowest BCUT2D eigenvalue weighted by Gasteiger charge is -2.05. The van der Waals surface area contributed by atoms with Crippen LogP contribution in [0.3, 0.4) is 0 Å². The van der Waals surface area contributed by atoms with E-state index in [4.69, 9.17) is 0 Å². The molecule has 0 atom stereocenters. The van der Waals surface area contributed by atoms with Crippen molar-refractivity contribution in [2.24, 2.45) is 0 Å². The molecule has 1 aromatic heterocycles. The number of rotatable bonds is 3. The summed E-state index contributed by atoms with van der Waals surface area (Å²) in [7, 11) is 0. The average Bonchev–Trinajstić information content (AvgIpc) is 2.83. The molecule has 6 heteroatoms. The van der Waals surface area contributed by atoms with Crippen LogP contribution in [0.15, 0.2) is 24.4 Å². The van der Waals surface area contributed by atoms with Crippen LogP contribution in [-0.2, 0) is 12.6 Å². The molecule has 0 amide bonds. The first kappa shape index (κ1) is 14.7. The topological polar surface area (TPSA) is 30.0 Å². The normalized spacial score (nSPS) is 11.7. The minimum Gasteiger partial charge on any atom is -0.293 e. The number of carbonyl (C=O) groups is 1. The summed E-state index contributed by atoms with van der Waals surface area (Å²) in [6.45, 7) is 3.78. The highest BCUT2D eigenvalue weighted by atomic mass is 32.1. The van der Waals surface area contributed by atoms with Crippen molar-refractivity contribution in [2.75, 3.05) is 0 Å². The summed E-state index contributed by atoms with van der Waals surface area (Å²) >= 11 is 0.392. The summed E-state index contributed by atoms with van der Waals surface area (Å²) in [5, 5.41) is -0.984. The molecule has 0 saturated heterocycles. The number of carbonyl (C=O) groups excluding carboxylic acids is 1. The van der Waals surface area contributed by atoms with Gasteiger partial charge in [0.15, 0.2) is 10.8 Å². The number of halogens is 3. The van der Waals surface area contributed by atoms with Crippen molar-refractivity contribution in [3.63, 3.8) is 0 Å². The van der Waals surface area contributed by atoms with Crippen molar-refractivity contribution in [1.82, 2.24) is 4.98 Å². The molecule has 0 bridgehead atoms. The van der Waals surface area contributed by atoms with Crippen LogP contribution in [0.2, 0.25) is 0 Å². The molecule has 0 spiro atoms. The summed E-state index contributed by atoms with van der Waals surface area (Å²) in [6, 6.07) is 5.70. The van der Waals surface area contributed by atoms with E-state index in [2.05, 4.69) is 4.98 Å².